The molecule has 0 N–H and O–H groups in total. The molecule has 0 saturated carbocycles. The molecule has 2 aromatic rings. The molecule has 78 valence electrons. The second-order valence-corrected chi connectivity index (χ2v) is 4.53. The second-order valence-electron chi connectivity index (χ2n) is 3.62. The van der Waals surface area contributed by atoms with Crippen LogP contribution in [0.25, 0.3) is 11.4 Å². The third-order valence-corrected chi connectivity index (χ3v) is 2.57. The van der Waals surface area contributed by atoms with E-state index in [0.29, 0.717) is 11.7 Å². The van der Waals surface area contributed by atoms with E-state index in [4.69, 9.17) is 4.52 Å². The number of hydrogen-bond donors (Lipinski definition) is 0. The highest BCUT2D eigenvalue weighted by atomic mass is 79.9. The monoisotopic (exact) mass is 266 g/mol. The Bertz CT molecular complexity index is 448. The summed E-state index contributed by atoms with van der Waals surface area (Å²) in [5.74, 6) is 1.58. The van der Waals surface area contributed by atoms with Crippen LogP contribution < -0.4 is 0 Å². The van der Waals surface area contributed by atoms with E-state index in [1.54, 1.807) is 0 Å². The Balaban J connectivity index is 2.33. The van der Waals surface area contributed by atoms with Crippen molar-refractivity contribution in [2.24, 2.45) is 0 Å². The first-order valence-corrected chi connectivity index (χ1v) is 5.55. The standard InChI is InChI=1S/C11H11BrN2O/c1-7(2)11-13-10(14-15-11)8-3-5-9(12)6-4-8/h3-7H,1-2H3. The van der Waals surface area contributed by atoms with Crippen LogP contribution in [-0.4, -0.2) is 10.1 Å². The smallest absolute Gasteiger partial charge is 0.229 e. The van der Waals surface area contributed by atoms with Gasteiger partial charge in [0, 0.05) is 16.0 Å². The predicted octanol–water partition coefficient (Wildman–Crippen LogP) is 3.62. The Morgan fingerprint density at radius 2 is 1.87 bits per heavy atom. The molecule has 4 heteroatoms. The summed E-state index contributed by atoms with van der Waals surface area (Å²) in [4.78, 5) is 4.32. The van der Waals surface area contributed by atoms with Crippen LogP contribution in [0, 0.1) is 0 Å². The molecule has 0 saturated heterocycles. The van der Waals surface area contributed by atoms with E-state index >= 15 is 0 Å². The molecule has 1 aromatic carbocycles. The lowest BCUT2D eigenvalue weighted by Gasteiger charge is -1.94. The largest absolute Gasteiger partial charge is 0.339 e. The van der Waals surface area contributed by atoms with E-state index in [1.807, 2.05) is 38.1 Å². The highest BCUT2D eigenvalue weighted by molar-refractivity contribution is 9.10. The Morgan fingerprint density at radius 1 is 1.20 bits per heavy atom. The number of benzene rings is 1. The molecular formula is C11H11BrN2O. The average molecular weight is 267 g/mol. The summed E-state index contributed by atoms with van der Waals surface area (Å²) in [7, 11) is 0. The van der Waals surface area contributed by atoms with Gasteiger partial charge in [-0.05, 0) is 24.3 Å². The van der Waals surface area contributed by atoms with Crippen LogP contribution in [0.3, 0.4) is 0 Å². The number of nitrogens with zero attached hydrogens (tertiary/aromatic N) is 2. The SMILES string of the molecule is CC(C)c1nc(-c2ccc(Br)cc2)no1. The van der Waals surface area contributed by atoms with Crippen LogP contribution in [-0.2, 0) is 0 Å². The summed E-state index contributed by atoms with van der Waals surface area (Å²) < 4.78 is 6.18. The third kappa shape index (κ3) is 2.26. The molecule has 0 unspecified atom stereocenters. The lowest BCUT2D eigenvalue weighted by Crippen LogP contribution is -1.86. The van der Waals surface area contributed by atoms with Crippen molar-refractivity contribution in [2.45, 2.75) is 19.8 Å². The van der Waals surface area contributed by atoms with Gasteiger partial charge in [-0.1, -0.05) is 34.9 Å². The van der Waals surface area contributed by atoms with Crippen LogP contribution in [0.1, 0.15) is 25.7 Å². The fraction of sp³-hybridized carbons (Fsp3) is 0.273. The van der Waals surface area contributed by atoms with Crippen molar-refractivity contribution in [1.29, 1.82) is 0 Å². The first-order valence-electron chi connectivity index (χ1n) is 4.76. The summed E-state index contributed by atoms with van der Waals surface area (Å²) >= 11 is 3.38. The lowest BCUT2D eigenvalue weighted by molar-refractivity contribution is 0.365. The van der Waals surface area contributed by atoms with Gasteiger partial charge in [-0.25, -0.2) is 0 Å². The predicted molar refractivity (Wildman–Crippen MR) is 61.5 cm³/mol. The molecule has 0 spiro atoms. The zero-order chi connectivity index (χ0) is 10.8. The number of rotatable bonds is 2. The maximum absolute atomic E-state index is 5.14. The van der Waals surface area contributed by atoms with Gasteiger partial charge in [-0.15, -0.1) is 0 Å². The van der Waals surface area contributed by atoms with Gasteiger partial charge >= 0.3 is 0 Å². The van der Waals surface area contributed by atoms with Crippen molar-refractivity contribution in [3.63, 3.8) is 0 Å². The minimum absolute atomic E-state index is 0.265. The maximum atomic E-state index is 5.14. The summed E-state index contributed by atoms with van der Waals surface area (Å²) in [6.45, 7) is 4.05. The van der Waals surface area contributed by atoms with Gasteiger partial charge in [0.05, 0.1) is 0 Å². The number of halogens is 1. The van der Waals surface area contributed by atoms with Crippen LogP contribution in [0.5, 0.6) is 0 Å². The summed E-state index contributed by atoms with van der Waals surface area (Å²) in [6.07, 6.45) is 0. The molecule has 3 nitrogen and oxygen atoms in total. The molecule has 1 aromatic heterocycles. The molecule has 0 atom stereocenters. The highest BCUT2D eigenvalue weighted by Gasteiger charge is 2.10. The van der Waals surface area contributed by atoms with E-state index in [-0.39, 0.29) is 5.92 Å². The van der Waals surface area contributed by atoms with Crippen molar-refractivity contribution in [3.8, 4) is 11.4 Å². The van der Waals surface area contributed by atoms with E-state index < -0.39 is 0 Å². The van der Waals surface area contributed by atoms with Crippen molar-refractivity contribution >= 4 is 15.9 Å². The number of hydrogen-bond acceptors (Lipinski definition) is 3. The molecule has 0 amide bonds. The quantitative estimate of drug-likeness (QED) is 0.834. The van der Waals surface area contributed by atoms with Crippen molar-refractivity contribution in [1.82, 2.24) is 10.1 Å². The first kappa shape index (κ1) is 10.4. The zero-order valence-electron chi connectivity index (χ0n) is 8.57. The summed E-state index contributed by atoms with van der Waals surface area (Å²) in [5.41, 5.74) is 0.967. The minimum Gasteiger partial charge on any atom is -0.339 e. The topological polar surface area (TPSA) is 38.9 Å². The van der Waals surface area contributed by atoms with E-state index in [1.165, 1.54) is 0 Å². The third-order valence-electron chi connectivity index (χ3n) is 2.04. The second kappa shape index (κ2) is 4.14. The van der Waals surface area contributed by atoms with E-state index in [2.05, 4.69) is 26.1 Å². The molecule has 0 radical (unpaired) electrons. The average Bonchev–Trinajstić information content (AvgIpc) is 2.68. The van der Waals surface area contributed by atoms with Crippen molar-refractivity contribution in [3.05, 3.63) is 34.6 Å². The fourth-order valence-corrected chi connectivity index (χ4v) is 1.45. The maximum Gasteiger partial charge on any atom is 0.229 e. The van der Waals surface area contributed by atoms with E-state index in [0.717, 1.165) is 10.0 Å². The van der Waals surface area contributed by atoms with Gasteiger partial charge < -0.3 is 4.52 Å². The molecule has 0 aliphatic heterocycles. The highest BCUT2D eigenvalue weighted by Crippen LogP contribution is 2.21. The Morgan fingerprint density at radius 3 is 2.40 bits per heavy atom. The Labute approximate surface area is 96.6 Å². The van der Waals surface area contributed by atoms with Gasteiger partial charge in [0.25, 0.3) is 0 Å². The Hall–Kier alpha value is -1.16. The zero-order valence-corrected chi connectivity index (χ0v) is 10.2. The van der Waals surface area contributed by atoms with Crippen LogP contribution >= 0.6 is 15.9 Å². The minimum atomic E-state index is 0.265. The van der Waals surface area contributed by atoms with Gasteiger partial charge in [0.15, 0.2) is 0 Å². The molecule has 15 heavy (non-hydrogen) atoms. The van der Waals surface area contributed by atoms with Crippen molar-refractivity contribution in [2.75, 3.05) is 0 Å². The molecule has 0 bridgehead atoms. The molecule has 0 aliphatic carbocycles. The molecular weight excluding hydrogens is 256 g/mol. The van der Waals surface area contributed by atoms with Crippen molar-refractivity contribution < 1.29 is 4.52 Å². The molecule has 0 fully saturated rings. The van der Waals surface area contributed by atoms with Crippen LogP contribution in [0.4, 0.5) is 0 Å². The Kier molecular flexibility index (Phi) is 2.86. The molecule has 2 rings (SSSR count). The van der Waals surface area contributed by atoms with E-state index in [9.17, 15) is 0 Å². The molecule has 0 aliphatic rings. The van der Waals surface area contributed by atoms with Gasteiger partial charge in [-0.3, -0.25) is 0 Å². The lowest BCUT2D eigenvalue weighted by atomic mass is 10.2. The van der Waals surface area contributed by atoms with Crippen LogP contribution in [0.15, 0.2) is 33.3 Å². The van der Waals surface area contributed by atoms with Gasteiger partial charge in [0.1, 0.15) is 0 Å². The fourth-order valence-electron chi connectivity index (χ4n) is 1.19. The van der Waals surface area contributed by atoms with Gasteiger partial charge in [-0.2, -0.15) is 4.98 Å². The number of aromatic nitrogens is 2. The van der Waals surface area contributed by atoms with Crippen LogP contribution in [0.2, 0.25) is 0 Å². The van der Waals surface area contributed by atoms with Gasteiger partial charge in [0.2, 0.25) is 11.7 Å². The normalized spacial score (nSPS) is 10.9. The summed E-state index contributed by atoms with van der Waals surface area (Å²) in [6, 6.07) is 7.83. The molecule has 1 heterocycles. The summed E-state index contributed by atoms with van der Waals surface area (Å²) in [5, 5.41) is 3.94. The first-order chi connectivity index (χ1) is 7.16.